The molecule has 5 nitrogen and oxygen atoms in total. The maximum Gasteiger partial charge on any atom is 0.234 e. The number of rotatable bonds is 6. The van der Waals surface area contributed by atoms with Crippen molar-refractivity contribution in [2.45, 2.75) is 52.1 Å². The van der Waals surface area contributed by atoms with Crippen LogP contribution >= 0.6 is 0 Å². The Morgan fingerprint density at radius 3 is 2.25 bits per heavy atom. The molecule has 1 aliphatic rings. The van der Waals surface area contributed by atoms with Crippen LogP contribution in [-0.4, -0.2) is 60.0 Å². The van der Waals surface area contributed by atoms with Crippen LogP contribution in [0.4, 0.5) is 0 Å². The number of hydrogen-bond acceptors (Lipinski definition) is 4. The van der Waals surface area contributed by atoms with Crippen LogP contribution in [0.2, 0.25) is 0 Å². The first-order valence-electron chi connectivity index (χ1n) is 7.61. The molecule has 1 saturated heterocycles. The van der Waals surface area contributed by atoms with Crippen LogP contribution in [0.3, 0.4) is 0 Å². The molecule has 1 amide bonds. The predicted molar refractivity (Wildman–Crippen MR) is 80.2 cm³/mol. The molecule has 114 valence electrons. The SMILES string of the molecule is CCC(CC)NC(=O)CN1CCN(C(C)(C)C#N)CC1. The van der Waals surface area contributed by atoms with Crippen LogP contribution in [-0.2, 0) is 4.79 Å². The summed E-state index contributed by atoms with van der Waals surface area (Å²) >= 11 is 0. The highest BCUT2D eigenvalue weighted by atomic mass is 16.2. The summed E-state index contributed by atoms with van der Waals surface area (Å²) in [4.78, 5) is 16.3. The van der Waals surface area contributed by atoms with Gasteiger partial charge in [0.05, 0.1) is 12.6 Å². The average molecular weight is 280 g/mol. The normalized spacial score (nSPS) is 18.0. The lowest BCUT2D eigenvalue weighted by Gasteiger charge is -2.40. The maximum absolute atomic E-state index is 12.0. The van der Waals surface area contributed by atoms with E-state index in [1.54, 1.807) is 0 Å². The zero-order chi connectivity index (χ0) is 15.2. The summed E-state index contributed by atoms with van der Waals surface area (Å²) in [6.45, 7) is 11.9. The molecule has 0 radical (unpaired) electrons. The molecule has 0 aliphatic carbocycles. The highest BCUT2D eigenvalue weighted by molar-refractivity contribution is 5.78. The number of nitrogens with one attached hydrogen (secondary N) is 1. The Balaban J connectivity index is 2.36. The average Bonchev–Trinajstić information content (AvgIpc) is 2.45. The molecule has 1 heterocycles. The third kappa shape index (κ3) is 4.77. The second kappa shape index (κ2) is 7.61. The van der Waals surface area contributed by atoms with Crippen molar-refractivity contribution in [2.75, 3.05) is 32.7 Å². The molecule has 5 heteroatoms. The van der Waals surface area contributed by atoms with Crippen molar-refractivity contribution >= 4 is 5.91 Å². The summed E-state index contributed by atoms with van der Waals surface area (Å²) in [6.07, 6.45) is 1.96. The van der Waals surface area contributed by atoms with E-state index in [1.807, 2.05) is 13.8 Å². The number of nitriles is 1. The van der Waals surface area contributed by atoms with E-state index in [4.69, 9.17) is 5.26 Å². The van der Waals surface area contributed by atoms with E-state index in [1.165, 1.54) is 0 Å². The van der Waals surface area contributed by atoms with Crippen molar-refractivity contribution in [1.29, 1.82) is 5.26 Å². The third-order valence-electron chi connectivity index (χ3n) is 4.15. The second-order valence-electron chi connectivity index (χ2n) is 6.01. The smallest absolute Gasteiger partial charge is 0.234 e. The van der Waals surface area contributed by atoms with Gasteiger partial charge >= 0.3 is 0 Å². The van der Waals surface area contributed by atoms with Crippen molar-refractivity contribution in [2.24, 2.45) is 0 Å². The topological polar surface area (TPSA) is 59.4 Å². The fraction of sp³-hybridized carbons (Fsp3) is 0.867. The standard InChI is InChI=1S/C15H28N4O/c1-5-13(6-2)17-14(20)11-18-7-9-19(10-8-18)15(3,4)12-16/h13H,5-11H2,1-4H3,(H,17,20). The molecule has 0 aromatic carbocycles. The quantitative estimate of drug-likeness (QED) is 0.794. The van der Waals surface area contributed by atoms with E-state index in [0.29, 0.717) is 12.6 Å². The van der Waals surface area contributed by atoms with E-state index in [2.05, 4.69) is 35.0 Å². The predicted octanol–water partition coefficient (Wildman–Crippen LogP) is 1.21. The molecule has 1 N–H and O–H groups in total. The Morgan fingerprint density at radius 1 is 1.25 bits per heavy atom. The van der Waals surface area contributed by atoms with Crippen LogP contribution in [0.15, 0.2) is 0 Å². The van der Waals surface area contributed by atoms with Gasteiger partial charge in [0.2, 0.25) is 5.91 Å². The minimum atomic E-state index is -0.413. The summed E-state index contributed by atoms with van der Waals surface area (Å²) in [5, 5.41) is 12.2. The Morgan fingerprint density at radius 2 is 1.80 bits per heavy atom. The molecule has 0 aromatic rings. The van der Waals surface area contributed by atoms with Crippen molar-refractivity contribution < 1.29 is 4.79 Å². The van der Waals surface area contributed by atoms with Crippen LogP contribution in [0.25, 0.3) is 0 Å². The van der Waals surface area contributed by atoms with E-state index in [-0.39, 0.29) is 5.91 Å². The first-order valence-corrected chi connectivity index (χ1v) is 7.61. The molecule has 0 spiro atoms. The summed E-state index contributed by atoms with van der Waals surface area (Å²) in [5.74, 6) is 0.117. The molecule has 0 bridgehead atoms. The number of amides is 1. The van der Waals surface area contributed by atoms with Gasteiger partial charge in [-0.1, -0.05) is 13.8 Å². The number of hydrogen-bond donors (Lipinski definition) is 1. The van der Waals surface area contributed by atoms with Crippen molar-refractivity contribution in [3.63, 3.8) is 0 Å². The van der Waals surface area contributed by atoms with Crippen molar-refractivity contribution in [3.8, 4) is 6.07 Å². The van der Waals surface area contributed by atoms with Gasteiger partial charge in [0.25, 0.3) is 0 Å². The van der Waals surface area contributed by atoms with Gasteiger partial charge in [0.15, 0.2) is 0 Å². The fourth-order valence-corrected chi connectivity index (χ4v) is 2.50. The molecule has 1 rings (SSSR count). The molecular formula is C15H28N4O. The highest BCUT2D eigenvalue weighted by Crippen LogP contribution is 2.15. The zero-order valence-corrected chi connectivity index (χ0v) is 13.3. The summed E-state index contributed by atoms with van der Waals surface area (Å²) in [5.41, 5.74) is -0.413. The van der Waals surface area contributed by atoms with Gasteiger partial charge in [-0.25, -0.2) is 0 Å². The Kier molecular flexibility index (Phi) is 6.44. The van der Waals surface area contributed by atoms with E-state index in [0.717, 1.165) is 39.0 Å². The Hall–Kier alpha value is -1.12. The maximum atomic E-state index is 12.0. The van der Waals surface area contributed by atoms with Gasteiger partial charge in [-0.05, 0) is 26.7 Å². The Labute approximate surface area is 122 Å². The molecule has 1 fully saturated rings. The number of carbonyl (C=O) groups is 1. The lowest BCUT2D eigenvalue weighted by atomic mass is 10.0. The van der Waals surface area contributed by atoms with Crippen LogP contribution in [0.5, 0.6) is 0 Å². The molecule has 0 unspecified atom stereocenters. The Bertz CT molecular complexity index is 349. The number of piperazine rings is 1. The first kappa shape index (κ1) is 16.9. The second-order valence-corrected chi connectivity index (χ2v) is 6.01. The van der Waals surface area contributed by atoms with Gasteiger partial charge in [-0.2, -0.15) is 5.26 Å². The first-order chi connectivity index (χ1) is 9.42. The van der Waals surface area contributed by atoms with Crippen LogP contribution < -0.4 is 5.32 Å². The van der Waals surface area contributed by atoms with Crippen molar-refractivity contribution in [3.05, 3.63) is 0 Å². The monoisotopic (exact) mass is 280 g/mol. The molecule has 20 heavy (non-hydrogen) atoms. The lowest BCUT2D eigenvalue weighted by molar-refractivity contribution is -0.123. The van der Waals surface area contributed by atoms with Crippen molar-refractivity contribution in [1.82, 2.24) is 15.1 Å². The largest absolute Gasteiger partial charge is 0.352 e. The summed E-state index contributed by atoms with van der Waals surface area (Å²) < 4.78 is 0. The summed E-state index contributed by atoms with van der Waals surface area (Å²) in [6, 6.07) is 2.63. The minimum absolute atomic E-state index is 0.117. The minimum Gasteiger partial charge on any atom is -0.352 e. The molecule has 0 saturated carbocycles. The molecular weight excluding hydrogens is 252 g/mol. The van der Waals surface area contributed by atoms with E-state index in [9.17, 15) is 4.79 Å². The third-order valence-corrected chi connectivity index (χ3v) is 4.15. The van der Waals surface area contributed by atoms with Gasteiger partial charge < -0.3 is 5.32 Å². The highest BCUT2D eigenvalue weighted by Gasteiger charge is 2.30. The molecule has 0 atom stereocenters. The van der Waals surface area contributed by atoms with E-state index < -0.39 is 5.54 Å². The molecule has 0 aromatic heterocycles. The number of carbonyl (C=O) groups excluding carboxylic acids is 1. The van der Waals surface area contributed by atoms with Crippen LogP contribution in [0, 0.1) is 11.3 Å². The number of nitrogens with zero attached hydrogens (tertiary/aromatic N) is 3. The fourth-order valence-electron chi connectivity index (χ4n) is 2.50. The van der Waals surface area contributed by atoms with Gasteiger partial charge in [0, 0.05) is 32.2 Å². The van der Waals surface area contributed by atoms with Crippen LogP contribution in [0.1, 0.15) is 40.5 Å². The zero-order valence-electron chi connectivity index (χ0n) is 13.3. The lowest BCUT2D eigenvalue weighted by Crippen LogP contribution is -2.55. The van der Waals surface area contributed by atoms with Gasteiger partial charge in [-0.3, -0.25) is 14.6 Å². The van der Waals surface area contributed by atoms with Gasteiger partial charge in [0.1, 0.15) is 5.54 Å². The molecule has 1 aliphatic heterocycles. The summed E-state index contributed by atoms with van der Waals surface area (Å²) in [7, 11) is 0. The van der Waals surface area contributed by atoms with E-state index >= 15 is 0 Å². The van der Waals surface area contributed by atoms with Gasteiger partial charge in [-0.15, -0.1) is 0 Å².